The van der Waals surface area contributed by atoms with E-state index in [1.54, 1.807) is 6.07 Å². The molecule has 0 aromatic heterocycles. The lowest BCUT2D eigenvalue weighted by Gasteiger charge is -2.34. The first-order valence-corrected chi connectivity index (χ1v) is 5.84. The van der Waals surface area contributed by atoms with Crippen LogP contribution in [0.4, 0.5) is 4.39 Å². The van der Waals surface area contributed by atoms with E-state index in [0.29, 0.717) is 25.9 Å². The largest absolute Gasteiger partial charge is 0.481 e. The minimum absolute atomic E-state index is 0.0262. The third kappa shape index (κ3) is 2.03. The normalized spacial score (nSPS) is 18.9. The molecule has 0 unspecified atom stereocenters. The molecule has 1 aliphatic heterocycles. The van der Waals surface area contributed by atoms with E-state index in [2.05, 4.69) is 5.32 Å². The maximum Gasteiger partial charge on any atom is 0.314 e. The Morgan fingerprint density at radius 2 is 2.06 bits per heavy atom. The summed E-state index contributed by atoms with van der Waals surface area (Å²) >= 11 is 5.72. The summed E-state index contributed by atoms with van der Waals surface area (Å²) in [6, 6.07) is 4.53. The van der Waals surface area contributed by atoms with Gasteiger partial charge in [0.2, 0.25) is 0 Å². The Labute approximate surface area is 104 Å². The van der Waals surface area contributed by atoms with E-state index < -0.39 is 17.2 Å². The summed E-state index contributed by atoms with van der Waals surface area (Å²) in [5.74, 6) is -1.60. The van der Waals surface area contributed by atoms with Gasteiger partial charge in [0.05, 0.1) is 10.4 Å². The van der Waals surface area contributed by atoms with Gasteiger partial charge in [-0.15, -0.1) is 0 Å². The van der Waals surface area contributed by atoms with Gasteiger partial charge < -0.3 is 10.4 Å². The molecule has 0 saturated carbocycles. The van der Waals surface area contributed by atoms with Crippen LogP contribution in [0.3, 0.4) is 0 Å². The van der Waals surface area contributed by atoms with E-state index in [9.17, 15) is 14.3 Å². The smallest absolute Gasteiger partial charge is 0.314 e. The summed E-state index contributed by atoms with van der Waals surface area (Å²) in [6.45, 7) is 1.14. The van der Waals surface area contributed by atoms with Crippen LogP contribution >= 0.6 is 11.6 Å². The molecule has 1 aliphatic rings. The van der Waals surface area contributed by atoms with Crippen LogP contribution in [0.1, 0.15) is 18.4 Å². The molecular formula is C12H13ClFNO2. The van der Waals surface area contributed by atoms with Gasteiger partial charge in [-0.25, -0.2) is 4.39 Å². The summed E-state index contributed by atoms with van der Waals surface area (Å²) in [5.41, 5.74) is -0.959. The van der Waals surface area contributed by atoms with Crippen molar-refractivity contribution in [3.8, 4) is 0 Å². The average molecular weight is 258 g/mol. The minimum atomic E-state index is -1.15. The van der Waals surface area contributed by atoms with Gasteiger partial charge in [0, 0.05) is 5.56 Å². The Hall–Kier alpha value is -1.13. The van der Waals surface area contributed by atoms with Gasteiger partial charge in [-0.2, -0.15) is 0 Å². The standard InChI is InChI=1S/C12H13ClFNO2/c13-9-3-1-2-8(10(9)14)12(11(16)17)4-6-15-7-5-12/h1-3,15H,4-7H2,(H,16,17). The third-order valence-corrected chi connectivity index (χ3v) is 3.63. The van der Waals surface area contributed by atoms with Gasteiger partial charge in [0.15, 0.2) is 0 Å². The topological polar surface area (TPSA) is 49.3 Å². The Morgan fingerprint density at radius 1 is 1.41 bits per heavy atom. The van der Waals surface area contributed by atoms with Crippen molar-refractivity contribution in [3.63, 3.8) is 0 Å². The number of carbonyl (C=O) groups is 1. The van der Waals surface area contributed by atoms with Crippen molar-refractivity contribution in [1.29, 1.82) is 0 Å². The molecule has 2 N–H and O–H groups in total. The summed E-state index contributed by atoms with van der Waals surface area (Å²) in [6.07, 6.45) is 0.749. The maximum absolute atomic E-state index is 14.0. The molecule has 1 heterocycles. The van der Waals surface area contributed by atoms with Crippen LogP contribution in [0.25, 0.3) is 0 Å². The third-order valence-electron chi connectivity index (χ3n) is 3.33. The van der Waals surface area contributed by atoms with Gasteiger partial charge >= 0.3 is 5.97 Å². The second-order valence-electron chi connectivity index (χ2n) is 4.24. The molecule has 0 bridgehead atoms. The number of carboxylic acid groups (broad SMARTS) is 1. The molecule has 0 atom stereocenters. The molecule has 1 fully saturated rings. The monoisotopic (exact) mass is 257 g/mol. The number of benzene rings is 1. The molecule has 3 nitrogen and oxygen atoms in total. The van der Waals surface area contributed by atoms with Crippen LogP contribution in [-0.2, 0) is 10.2 Å². The number of piperidine rings is 1. The molecule has 5 heteroatoms. The van der Waals surface area contributed by atoms with Gasteiger partial charge in [0.1, 0.15) is 5.82 Å². The second-order valence-corrected chi connectivity index (χ2v) is 4.65. The Morgan fingerprint density at radius 3 is 2.65 bits per heavy atom. The Kier molecular flexibility index (Phi) is 3.35. The zero-order chi connectivity index (χ0) is 12.5. The van der Waals surface area contributed by atoms with Crippen molar-refractivity contribution in [2.45, 2.75) is 18.3 Å². The Bertz CT molecular complexity index is 444. The molecule has 1 aromatic carbocycles. The van der Waals surface area contributed by atoms with Crippen LogP contribution < -0.4 is 5.32 Å². The number of hydrogen-bond donors (Lipinski definition) is 2. The zero-order valence-corrected chi connectivity index (χ0v) is 9.93. The number of hydrogen-bond acceptors (Lipinski definition) is 2. The molecule has 0 radical (unpaired) electrons. The van der Waals surface area contributed by atoms with Crippen LogP contribution in [-0.4, -0.2) is 24.2 Å². The highest BCUT2D eigenvalue weighted by molar-refractivity contribution is 6.30. The summed E-state index contributed by atoms with van der Waals surface area (Å²) in [4.78, 5) is 11.5. The predicted octanol–water partition coefficient (Wildman–Crippen LogP) is 2.18. The van der Waals surface area contributed by atoms with Crippen LogP contribution in [0, 0.1) is 5.82 Å². The van der Waals surface area contributed by atoms with E-state index >= 15 is 0 Å². The van der Waals surface area contributed by atoms with Gasteiger partial charge in [-0.3, -0.25) is 4.79 Å². The van der Waals surface area contributed by atoms with Crippen LogP contribution in [0.2, 0.25) is 5.02 Å². The predicted molar refractivity (Wildman–Crippen MR) is 62.8 cm³/mol. The second kappa shape index (κ2) is 4.63. The van der Waals surface area contributed by atoms with Crippen molar-refractivity contribution in [3.05, 3.63) is 34.6 Å². The van der Waals surface area contributed by atoms with Crippen LogP contribution in [0.5, 0.6) is 0 Å². The van der Waals surface area contributed by atoms with Gasteiger partial charge in [-0.05, 0) is 32.0 Å². The molecule has 0 aliphatic carbocycles. The van der Waals surface area contributed by atoms with Crippen molar-refractivity contribution < 1.29 is 14.3 Å². The fourth-order valence-corrected chi connectivity index (χ4v) is 2.50. The first-order valence-electron chi connectivity index (χ1n) is 5.46. The van der Waals surface area contributed by atoms with E-state index in [4.69, 9.17) is 11.6 Å². The lowest BCUT2D eigenvalue weighted by Crippen LogP contribution is -2.46. The summed E-state index contributed by atoms with van der Waals surface area (Å²) < 4.78 is 14.0. The fraction of sp³-hybridized carbons (Fsp3) is 0.417. The highest BCUT2D eigenvalue weighted by Gasteiger charge is 2.43. The number of carboxylic acids is 1. The van der Waals surface area contributed by atoms with Crippen molar-refractivity contribution in [2.75, 3.05) is 13.1 Å². The van der Waals surface area contributed by atoms with Gasteiger partial charge in [-0.1, -0.05) is 23.7 Å². The number of halogens is 2. The number of aliphatic carboxylic acids is 1. The lowest BCUT2D eigenvalue weighted by molar-refractivity contribution is -0.145. The van der Waals surface area contributed by atoms with Crippen LogP contribution in [0.15, 0.2) is 18.2 Å². The van der Waals surface area contributed by atoms with E-state index in [0.717, 1.165) is 0 Å². The average Bonchev–Trinajstić information content (AvgIpc) is 2.33. The quantitative estimate of drug-likeness (QED) is 0.854. The zero-order valence-electron chi connectivity index (χ0n) is 9.17. The highest BCUT2D eigenvalue weighted by Crippen LogP contribution is 2.37. The molecule has 92 valence electrons. The molecule has 17 heavy (non-hydrogen) atoms. The Balaban J connectivity index is 2.53. The fourth-order valence-electron chi connectivity index (χ4n) is 2.33. The van der Waals surface area contributed by atoms with Crippen molar-refractivity contribution in [2.24, 2.45) is 0 Å². The highest BCUT2D eigenvalue weighted by atomic mass is 35.5. The molecule has 0 amide bonds. The molecule has 1 aromatic rings. The molecule has 2 rings (SSSR count). The SMILES string of the molecule is O=C(O)C1(c2cccc(Cl)c2F)CCNCC1. The van der Waals surface area contributed by atoms with E-state index in [1.165, 1.54) is 12.1 Å². The van der Waals surface area contributed by atoms with Crippen molar-refractivity contribution in [1.82, 2.24) is 5.32 Å². The first kappa shape index (κ1) is 12.3. The maximum atomic E-state index is 14.0. The molecule has 0 spiro atoms. The minimum Gasteiger partial charge on any atom is -0.481 e. The summed E-state index contributed by atoms with van der Waals surface area (Å²) in [5, 5.41) is 12.5. The first-order chi connectivity index (χ1) is 8.08. The lowest BCUT2D eigenvalue weighted by atomic mass is 9.73. The number of rotatable bonds is 2. The van der Waals surface area contributed by atoms with E-state index in [-0.39, 0.29) is 10.6 Å². The molecule has 1 saturated heterocycles. The summed E-state index contributed by atoms with van der Waals surface area (Å²) in [7, 11) is 0. The number of nitrogens with one attached hydrogen (secondary N) is 1. The van der Waals surface area contributed by atoms with E-state index in [1.807, 2.05) is 0 Å². The van der Waals surface area contributed by atoms with Crippen molar-refractivity contribution >= 4 is 17.6 Å². The molecular weight excluding hydrogens is 245 g/mol. The van der Waals surface area contributed by atoms with Gasteiger partial charge in [0.25, 0.3) is 0 Å².